The molecule has 2 rings (SSSR count). The lowest BCUT2D eigenvalue weighted by atomic mass is 10.1. The maximum absolute atomic E-state index is 12.6. The van der Waals surface area contributed by atoms with Crippen LogP contribution in [0.5, 0.6) is 0 Å². The zero-order chi connectivity index (χ0) is 19.9. The minimum atomic E-state index is -3.49. The molecule has 8 heteroatoms. The third kappa shape index (κ3) is 6.04. The van der Waals surface area contributed by atoms with E-state index in [4.69, 9.17) is 0 Å². The number of nitrogens with one attached hydrogen (secondary N) is 1. The number of aliphatic carboxylic acids is 1. The Labute approximate surface area is 160 Å². The Kier molecular flexibility index (Phi) is 7.79. The number of sulfonamides is 1. The summed E-state index contributed by atoms with van der Waals surface area (Å²) in [5.74, 6) is -1.43. The van der Waals surface area contributed by atoms with Crippen molar-refractivity contribution in [3.63, 3.8) is 0 Å². The SMILES string of the molecule is CCCCC(NC(=O)Cc1ccc(S(=O)(=O)N2CCCCC2)cc1)C(=O)O. The Balaban J connectivity index is 1.98. The molecule has 0 saturated carbocycles. The molecule has 27 heavy (non-hydrogen) atoms. The number of hydrogen-bond donors (Lipinski definition) is 2. The smallest absolute Gasteiger partial charge is 0.326 e. The molecule has 1 aliphatic rings. The molecule has 0 bridgehead atoms. The van der Waals surface area contributed by atoms with Crippen molar-refractivity contribution < 1.29 is 23.1 Å². The molecule has 0 spiro atoms. The minimum absolute atomic E-state index is 0.0138. The minimum Gasteiger partial charge on any atom is -0.480 e. The lowest BCUT2D eigenvalue weighted by molar-refractivity contribution is -0.142. The van der Waals surface area contributed by atoms with Gasteiger partial charge in [-0.2, -0.15) is 4.31 Å². The Morgan fingerprint density at radius 2 is 1.78 bits per heavy atom. The first-order valence-corrected chi connectivity index (χ1v) is 10.9. The monoisotopic (exact) mass is 396 g/mol. The van der Waals surface area contributed by atoms with Gasteiger partial charge in [0, 0.05) is 13.1 Å². The highest BCUT2D eigenvalue weighted by molar-refractivity contribution is 7.89. The number of carbonyl (C=O) groups excluding carboxylic acids is 1. The quantitative estimate of drug-likeness (QED) is 0.666. The molecule has 7 nitrogen and oxygen atoms in total. The van der Waals surface area contributed by atoms with Gasteiger partial charge < -0.3 is 10.4 Å². The number of benzene rings is 1. The zero-order valence-corrected chi connectivity index (χ0v) is 16.5. The number of carboxylic acids is 1. The van der Waals surface area contributed by atoms with Crippen LogP contribution in [-0.4, -0.2) is 48.8 Å². The van der Waals surface area contributed by atoms with E-state index in [0.29, 0.717) is 25.1 Å². The van der Waals surface area contributed by atoms with Crippen LogP contribution < -0.4 is 5.32 Å². The first-order valence-electron chi connectivity index (χ1n) is 9.46. The van der Waals surface area contributed by atoms with Gasteiger partial charge in [-0.05, 0) is 37.0 Å². The molecule has 1 fully saturated rings. The molecular formula is C19H28N2O5S. The second-order valence-corrected chi connectivity index (χ2v) is 8.82. The maximum atomic E-state index is 12.6. The summed E-state index contributed by atoms with van der Waals surface area (Å²) in [6.07, 6.45) is 4.79. The highest BCUT2D eigenvalue weighted by Gasteiger charge is 2.26. The van der Waals surface area contributed by atoms with Gasteiger partial charge in [0.15, 0.2) is 0 Å². The molecule has 0 aliphatic carbocycles. The fourth-order valence-corrected chi connectivity index (χ4v) is 4.65. The standard InChI is InChI=1S/C19H28N2O5S/c1-2-3-7-17(19(23)24)20-18(22)14-15-8-10-16(11-9-15)27(25,26)21-12-5-4-6-13-21/h8-11,17H,2-7,12-14H2,1H3,(H,20,22)(H,23,24). The van der Waals surface area contributed by atoms with E-state index in [1.54, 1.807) is 12.1 Å². The Morgan fingerprint density at radius 1 is 1.15 bits per heavy atom. The van der Waals surface area contributed by atoms with Crippen LogP contribution in [0.1, 0.15) is 51.0 Å². The fraction of sp³-hybridized carbons (Fsp3) is 0.579. The lowest BCUT2D eigenvalue weighted by Gasteiger charge is -2.25. The van der Waals surface area contributed by atoms with Crippen molar-refractivity contribution in [1.29, 1.82) is 0 Å². The zero-order valence-electron chi connectivity index (χ0n) is 15.7. The predicted octanol–water partition coefficient (Wildman–Crippen LogP) is 2.16. The molecule has 0 radical (unpaired) electrons. The topological polar surface area (TPSA) is 104 Å². The van der Waals surface area contributed by atoms with Gasteiger partial charge in [0.05, 0.1) is 11.3 Å². The van der Waals surface area contributed by atoms with E-state index < -0.39 is 22.0 Å². The number of nitrogens with zero attached hydrogens (tertiary/aromatic N) is 1. The molecule has 1 aromatic carbocycles. The first-order chi connectivity index (χ1) is 12.8. The number of hydrogen-bond acceptors (Lipinski definition) is 4. The summed E-state index contributed by atoms with van der Waals surface area (Å²) >= 11 is 0. The second kappa shape index (κ2) is 9.85. The largest absolute Gasteiger partial charge is 0.480 e. The Bertz CT molecular complexity index is 740. The molecule has 1 atom stereocenters. The van der Waals surface area contributed by atoms with Gasteiger partial charge in [0.25, 0.3) is 0 Å². The van der Waals surface area contributed by atoms with Crippen LogP contribution in [0.25, 0.3) is 0 Å². The van der Waals surface area contributed by atoms with Gasteiger partial charge in [0.2, 0.25) is 15.9 Å². The van der Waals surface area contributed by atoms with Gasteiger partial charge in [-0.15, -0.1) is 0 Å². The van der Waals surface area contributed by atoms with Gasteiger partial charge in [-0.1, -0.05) is 38.3 Å². The van der Waals surface area contributed by atoms with Gasteiger partial charge in [-0.25, -0.2) is 13.2 Å². The molecule has 2 N–H and O–H groups in total. The van der Waals surface area contributed by atoms with E-state index in [1.807, 2.05) is 6.92 Å². The molecule has 1 aliphatic heterocycles. The molecule has 1 heterocycles. The maximum Gasteiger partial charge on any atom is 0.326 e. The number of piperidine rings is 1. The Hall–Kier alpha value is -1.93. The third-order valence-corrected chi connectivity index (χ3v) is 6.63. The molecule has 1 aromatic rings. The highest BCUT2D eigenvalue weighted by Crippen LogP contribution is 2.21. The van der Waals surface area contributed by atoms with Crippen LogP contribution in [0.15, 0.2) is 29.2 Å². The van der Waals surface area contributed by atoms with Crippen molar-refractivity contribution >= 4 is 21.9 Å². The molecule has 1 amide bonds. The summed E-state index contributed by atoms with van der Waals surface area (Å²) < 4.78 is 26.7. The summed E-state index contributed by atoms with van der Waals surface area (Å²) in [6, 6.07) is 5.35. The predicted molar refractivity (Wildman–Crippen MR) is 102 cm³/mol. The first kappa shape index (κ1) is 21.4. The van der Waals surface area contributed by atoms with Crippen molar-refractivity contribution in [2.24, 2.45) is 0 Å². The van der Waals surface area contributed by atoms with E-state index in [1.165, 1.54) is 16.4 Å². The van der Waals surface area contributed by atoms with Gasteiger partial charge in [-0.3, -0.25) is 4.79 Å². The van der Waals surface area contributed by atoms with Crippen molar-refractivity contribution in [2.45, 2.75) is 62.8 Å². The highest BCUT2D eigenvalue weighted by atomic mass is 32.2. The van der Waals surface area contributed by atoms with Crippen LogP contribution in [0.2, 0.25) is 0 Å². The number of carbonyl (C=O) groups is 2. The van der Waals surface area contributed by atoms with Crippen molar-refractivity contribution in [1.82, 2.24) is 9.62 Å². The van der Waals surface area contributed by atoms with E-state index in [9.17, 15) is 23.1 Å². The number of rotatable bonds is 9. The van der Waals surface area contributed by atoms with Crippen LogP contribution in [0.4, 0.5) is 0 Å². The van der Waals surface area contributed by atoms with Crippen LogP contribution >= 0.6 is 0 Å². The second-order valence-electron chi connectivity index (χ2n) is 6.89. The van der Waals surface area contributed by atoms with E-state index in [2.05, 4.69) is 5.32 Å². The number of unbranched alkanes of at least 4 members (excludes halogenated alkanes) is 1. The van der Waals surface area contributed by atoms with Crippen LogP contribution in [0, 0.1) is 0 Å². The van der Waals surface area contributed by atoms with E-state index in [0.717, 1.165) is 32.1 Å². The average molecular weight is 397 g/mol. The van der Waals surface area contributed by atoms with E-state index in [-0.39, 0.29) is 17.2 Å². The van der Waals surface area contributed by atoms with Crippen molar-refractivity contribution in [3.8, 4) is 0 Å². The summed E-state index contributed by atoms with van der Waals surface area (Å²) in [4.78, 5) is 23.6. The molecular weight excluding hydrogens is 368 g/mol. The summed E-state index contributed by atoms with van der Waals surface area (Å²) in [7, 11) is -3.49. The third-order valence-electron chi connectivity index (χ3n) is 4.72. The number of carboxylic acid groups (broad SMARTS) is 1. The van der Waals surface area contributed by atoms with E-state index >= 15 is 0 Å². The van der Waals surface area contributed by atoms with Crippen LogP contribution in [-0.2, 0) is 26.0 Å². The average Bonchev–Trinajstić information content (AvgIpc) is 2.66. The lowest BCUT2D eigenvalue weighted by Crippen LogP contribution is -2.41. The van der Waals surface area contributed by atoms with Crippen LogP contribution in [0.3, 0.4) is 0 Å². The van der Waals surface area contributed by atoms with Crippen molar-refractivity contribution in [3.05, 3.63) is 29.8 Å². The summed E-state index contributed by atoms with van der Waals surface area (Å²) in [5, 5.41) is 11.7. The normalized spacial score (nSPS) is 16.6. The number of amides is 1. The molecule has 1 saturated heterocycles. The van der Waals surface area contributed by atoms with Gasteiger partial charge in [0.1, 0.15) is 6.04 Å². The molecule has 0 aromatic heterocycles. The van der Waals surface area contributed by atoms with Crippen molar-refractivity contribution in [2.75, 3.05) is 13.1 Å². The summed E-state index contributed by atoms with van der Waals surface area (Å²) in [6.45, 7) is 3.04. The molecule has 1 unspecified atom stereocenters. The Morgan fingerprint density at radius 3 is 2.33 bits per heavy atom. The fourth-order valence-electron chi connectivity index (χ4n) is 3.13. The summed E-state index contributed by atoms with van der Waals surface area (Å²) in [5.41, 5.74) is 0.643. The van der Waals surface area contributed by atoms with Gasteiger partial charge >= 0.3 is 5.97 Å². The molecule has 150 valence electrons.